The van der Waals surface area contributed by atoms with Crippen LogP contribution in [-0.4, -0.2) is 18.0 Å². The number of hydrogen-bond donors (Lipinski definition) is 2. The molecule has 2 rings (SSSR count). The fourth-order valence-electron chi connectivity index (χ4n) is 2.01. The SMILES string of the molecule is CC(CN)(NC(=O)c1ccc(Cl)c(Br)c1)C1CC1.Cl. The van der Waals surface area contributed by atoms with Gasteiger partial charge in [0.15, 0.2) is 0 Å². The predicted octanol–water partition coefficient (Wildman–Crippen LogP) is 3.38. The number of benzene rings is 1. The normalized spacial score (nSPS) is 17.3. The average molecular weight is 368 g/mol. The summed E-state index contributed by atoms with van der Waals surface area (Å²) in [5.41, 5.74) is 6.07. The Morgan fingerprint density at radius 2 is 2.21 bits per heavy atom. The Bertz CT molecular complexity index is 480. The molecule has 3 N–H and O–H groups in total. The summed E-state index contributed by atoms with van der Waals surface area (Å²) >= 11 is 9.22. The van der Waals surface area contributed by atoms with E-state index < -0.39 is 0 Å². The molecule has 0 bridgehead atoms. The maximum Gasteiger partial charge on any atom is 0.251 e. The number of carbonyl (C=O) groups is 1. The summed E-state index contributed by atoms with van der Waals surface area (Å²) in [7, 11) is 0. The topological polar surface area (TPSA) is 55.1 Å². The van der Waals surface area contributed by atoms with Gasteiger partial charge in [-0.25, -0.2) is 0 Å². The molecule has 1 fully saturated rings. The van der Waals surface area contributed by atoms with Gasteiger partial charge in [-0.15, -0.1) is 12.4 Å². The minimum atomic E-state index is -0.302. The molecule has 1 amide bonds. The molecule has 6 heteroatoms. The minimum absolute atomic E-state index is 0. The first-order valence-electron chi connectivity index (χ1n) is 5.94. The van der Waals surface area contributed by atoms with Gasteiger partial charge in [-0.3, -0.25) is 4.79 Å². The van der Waals surface area contributed by atoms with E-state index in [4.69, 9.17) is 17.3 Å². The van der Waals surface area contributed by atoms with Crippen molar-refractivity contribution in [2.24, 2.45) is 11.7 Å². The molecule has 0 radical (unpaired) electrons. The Hall–Kier alpha value is -0.290. The van der Waals surface area contributed by atoms with Crippen LogP contribution in [0, 0.1) is 5.92 Å². The average Bonchev–Trinajstić information content (AvgIpc) is 3.16. The third-order valence-corrected chi connectivity index (χ3v) is 4.70. The summed E-state index contributed by atoms with van der Waals surface area (Å²) in [6.45, 7) is 2.46. The first kappa shape index (κ1) is 16.8. The lowest BCUT2D eigenvalue weighted by atomic mass is 9.95. The van der Waals surface area contributed by atoms with Crippen molar-refractivity contribution in [3.05, 3.63) is 33.3 Å². The van der Waals surface area contributed by atoms with E-state index in [0.717, 1.165) is 17.3 Å². The van der Waals surface area contributed by atoms with Crippen LogP contribution in [-0.2, 0) is 0 Å². The monoisotopic (exact) mass is 366 g/mol. The van der Waals surface area contributed by atoms with Gasteiger partial charge in [-0.05, 0) is 59.8 Å². The molecule has 1 aliphatic rings. The number of hydrogen-bond acceptors (Lipinski definition) is 2. The summed E-state index contributed by atoms with van der Waals surface area (Å²) in [4.78, 5) is 12.2. The number of amides is 1. The molecule has 3 nitrogen and oxygen atoms in total. The van der Waals surface area contributed by atoms with Crippen molar-refractivity contribution >= 4 is 45.8 Å². The zero-order valence-corrected chi connectivity index (χ0v) is 13.7. The Labute approximate surface area is 132 Å². The van der Waals surface area contributed by atoms with E-state index in [2.05, 4.69) is 21.2 Å². The van der Waals surface area contributed by atoms with E-state index in [1.807, 2.05) is 6.92 Å². The number of rotatable bonds is 4. The highest BCUT2D eigenvalue weighted by atomic mass is 79.9. The molecule has 1 aromatic carbocycles. The lowest BCUT2D eigenvalue weighted by Gasteiger charge is -2.29. The Morgan fingerprint density at radius 1 is 1.58 bits per heavy atom. The summed E-state index contributed by atoms with van der Waals surface area (Å²) in [6.07, 6.45) is 2.27. The van der Waals surface area contributed by atoms with Crippen LogP contribution in [0.25, 0.3) is 0 Å². The van der Waals surface area contributed by atoms with E-state index in [9.17, 15) is 4.79 Å². The molecule has 0 heterocycles. The third-order valence-electron chi connectivity index (χ3n) is 3.48. The summed E-state index contributed by atoms with van der Waals surface area (Å²) in [5, 5.41) is 3.63. The van der Waals surface area contributed by atoms with E-state index in [1.54, 1.807) is 18.2 Å². The van der Waals surface area contributed by atoms with Crippen LogP contribution < -0.4 is 11.1 Å². The lowest BCUT2D eigenvalue weighted by molar-refractivity contribution is 0.0898. The number of carbonyl (C=O) groups excluding carboxylic acids is 1. The molecule has 1 saturated carbocycles. The molecule has 19 heavy (non-hydrogen) atoms. The van der Waals surface area contributed by atoms with E-state index >= 15 is 0 Å². The second-order valence-corrected chi connectivity index (χ2v) is 6.24. The molecule has 0 saturated heterocycles. The van der Waals surface area contributed by atoms with Gasteiger partial charge < -0.3 is 11.1 Å². The van der Waals surface area contributed by atoms with Crippen molar-refractivity contribution < 1.29 is 4.79 Å². The van der Waals surface area contributed by atoms with Crippen LogP contribution >= 0.6 is 39.9 Å². The molecule has 1 aliphatic carbocycles. The molecule has 106 valence electrons. The molecular weight excluding hydrogens is 351 g/mol. The van der Waals surface area contributed by atoms with Crippen molar-refractivity contribution in [2.75, 3.05) is 6.54 Å². The highest BCUT2D eigenvalue weighted by molar-refractivity contribution is 9.10. The molecule has 0 aromatic heterocycles. The summed E-state index contributed by atoms with van der Waals surface area (Å²) in [6, 6.07) is 5.14. The maximum absolute atomic E-state index is 12.2. The van der Waals surface area contributed by atoms with Crippen molar-refractivity contribution in [1.82, 2.24) is 5.32 Å². The maximum atomic E-state index is 12.2. The first-order valence-corrected chi connectivity index (χ1v) is 7.11. The van der Waals surface area contributed by atoms with Crippen molar-refractivity contribution in [3.63, 3.8) is 0 Å². The third kappa shape index (κ3) is 3.85. The van der Waals surface area contributed by atoms with Gasteiger partial charge in [0.1, 0.15) is 0 Å². The van der Waals surface area contributed by atoms with Gasteiger partial charge in [0.25, 0.3) is 5.91 Å². The summed E-state index contributed by atoms with van der Waals surface area (Å²) < 4.78 is 0.720. The van der Waals surface area contributed by atoms with Crippen LogP contribution in [0.5, 0.6) is 0 Å². The van der Waals surface area contributed by atoms with E-state index in [0.29, 0.717) is 23.0 Å². The van der Waals surface area contributed by atoms with Crippen LogP contribution in [0.3, 0.4) is 0 Å². The van der Waals surface area contributed by atoms with Gasteiger partial charge in [-0.2, -0.15) is 0 Å². The quantitative estimate of drug-likeness (QED) is 0.856. The van der Waals surface area contributed by atoms with Crippen LogP contribution in [0.4, 0.5) is 0 Å². The first-order chi connectivity index (χ1) is 8.46. The van der Waals surface area contributed by atoms with Crippen LogP contribution in [0.1, 0.15) is 30.1 Å². The Kier molecular flexibility index (Phi) is 5.68. The predicted molar refractivity (Wildman–Crippen MR) is 84.0 cm³/mol. The molecule has 1 atom stereocenters. The Balaban J connectivity index is 0.00000180. The van der Waals surface area contributed by atoms with Gasteiger partial charge in [-0.1, -0.05) is 11.6 Å². The molecule has 1 unspecified atom stereocenters. The Morgan fingerprint density at radius 3 is 2.68 bits per heavy atom. The number of nitrogens with two attached hydrogens (primary N) is 1. The molecule has 1 aromatic rings. The fraction of sp³-hybridized carbons (Fsp3) is 0.462. The highest BCUT2D eigenvalue weighted by Gasteiger charge is 2.41. The van der Waals surface area contributed by atoms with Gasteiger partial charge in [0.2, 0.25) is 0 Å². The van der Waals surface area contributed by atoms with Crippen LogP contribution in [0.15, 0.2) is 22.7 Å². The van der Waals surface area contributed by atoms with E-state index in [-0.39, 0.29) is 23.9 Å². The van der Waals surface area contributed by atoms with Crippen molar-refractivity contribution in [1.29, 1.82) is 0 Å². The fourth-order valence-corrected chi connectivity index (χ4v) is 2.51. The number of halogens is 3. The second-order valence-electron chi connectivity index (χ2n) is 4.98. The van der Waals surface area contributed by atoms with Crippen molar-refractivity contribution in [3.8, 4) is 0 Å². The second kappa shape index (κ2) is 6.44. The zero-order valence-electron chi connectivity index (χ0n) is 10.6. The van der Waals surface area contributed by atoms with Gasteiger partial charge in [0, 0.05) is 16.6 Å². The van der Waals surface area contributed by atoms with Gasteiger partial charge in [0.05, 0.1) is 10.6 Å². The minimum Gasteiger partial charge on any atom is -0.345 e. The number of nitrogens with one attached hydrogen (secondary N) is 1. The van der Waals surface area contributed by atoms with Crippen LogP contribution in [0.2, 0.25) is 5.02 Å². The molecule has 0 aliphatic heterocycles. The van der Waals surface area contributed by atoms with Crippen molar-refractivity contribution in [2.45, 2.75) is 25.3 Å². The zero-order chi connectivity index (χ0) is 13.3. The summed E-state index contributed by atoms with van der Waals surface area (Å²) in [5.74, 6) is 0.398. The smallest absolute Gasteiger partial charge is 0.251 e. The molecule has 0 spiro atoms. The van der Waals surface area contributed by atoms with Gasteiger partial charge >= 0.3 is 0 Å². The lowest BCUT2D eigenvalue weighted by Crippen LogP contribution is -2.53. The standard InChI is InChI=1S/C13H16BrClN2O.ClH/c1-13(7-16,9-3-4-9)17-12(18)8-2-5-11(15)10(14)6-8;/h2,5-6,9H,3-4,7,16H2,1H3,(H,17,18);1H. The largest absolute Gasteiger partial charge is 0.345 e. The molecular formula is C13H17BrCl2N2O. The highest BCUT2D eigenvalue weighted by Crippen LogP contribution is 2.39. The van der Waals surface area contributed by atoms with E-state index in [1.165, 1.54) is 0 Å².